The first kappa shape index (κ1) is 9.92. The Balaban J connectivity index is 1.82. The molecule has 1 aromatic carbocycles. The predicted molar refractivity (Wildman–Crippen MR) is 69.4 cm³/mol. The standard InChI is InChI=1S/C14H19N3/c15-9-5-11-10-2-1-3-12-14(10)8(6-16-12)4-13(11)17-7-9/h1-3,8-9,11,13,16-17H,4-7,15H2/t8?,9-,11?,13+/m0/s1. The van der Waals surface area contributed by atoms with Crippen LogP contribution in [0.4, 0.5) is 5.69 Å². The van der Waals surface area contributed by atoms with Gasteiger partial charge in [0.25, 0.3) is 0 Å². The number of hydrogen-bond acceptors (Lipinski definition) is 3. The molecule has 17 heavy (non-hydrogen) atoms. The molecule has 0 saturated carbocycles. The van der Waals surface area contributed by atoms with E-state index in [1.54, 1.807) is 11.1 Å². The van der Waals surface area contributed by atoms with Crippen LogP contribution in [0.3, 0.4) is 0 Å². The molecule has 2 unspecified atom stereocenters. The fourth-order valence-corrected chi connectivity index (χ4v) is 3.97. The highest BCUT2D eigenvalue weighted by molar-refractivity contribution is 5.63. The number of fused-ring (bicyclic) bond motifs is 2. The van der Waals surface area contributed by atoms with Crippen LogP contribution in [-0.2, 0) is 0 Å². The molecule has 0 spiro atoms. The van der Waals surface area contributed by atoms with Gasteiger partial charge in [0.05, 0.1) is 0 Å². The SMILES string of the molecule is N[C@@H]1CN[C@@H]2CC3CNc4cccc(c43)C2C1. The second kappa shape index (κ2) is 3.47. The van der Waals surface area contributed by atoms with E-state index >= 15 is 0 Å². The van der Waals surface area contributed by atoms with Crippen molar-refractivity contribution in [1.82, 2.24) is 5.32 Å². The van der Waals surface area contributed by atoms with E-state index in [1.807, 2.05) is 0 Å². The molecule has 90 valence electrons. The van der Waals surface area contributed by atoms with E-state index in [9.17, 15) is 0 Å². The normalized spacial score (nSPS) is 38.2. The molecule has 0 bridgehead atoms. The maximum Gasteiger partial charge on any atom is 0.0379 e. The van der Waals surface area contributed by atoms with Crippen LogP contribution in [0, 0.1) is 0 Å². The molecule has 1 aromatic rings. The van der Waals surface area contributed by atoms with Crippen LogP contribution in [0.15, 0.2) is 18.2 Å². The second-order valence-corrected chi connectivity index (χ2v) is 5.74. The maximum absolute atomic E-state index is 6.11. The van der Waals surface area contributed by atoms with Crippen molar-refractivity contribution in [1.29, 1.82) is 0 Å². The molecule has 3 nitrogen and oxygen atoms in total. The molecule has 0 amide bonds. The van der Waals surface area contributed by atoms with Crippen LogP contribution in [0.25, 0.3) is 0 Å². The Morgan fingerprint density at radius 3 is 3.06 bits per heavy atom. The first-order chi connectivity index (χ1) is 8.33. The number of benzene rings is 1. The van der Waals surface area contributed by atoms with Gasteiger partial charge in [-0.15, -0.1) is 0 Å². The maximum atomic E-state index is 6.11. The summed E-state index contributed by atoms with van der Waals surface area (Å²) in [4.78, 5) is 0. The molecule has 4 N–H and O–H groups in total. The Bertz CT molecular complexity index is 457. The van der Waals surface area contributed by atoms with E-state index in [1.165, 1.54) is 12.1 Å². The van der Waals surface area contributed by atoms with Gasteiger partial charge in [-0.1, -0.05) is 12.1 Å². The summed E-state index contributed by atoms with van der Waals surface area (Å²) in [5, 5.41) is 7.19. The molecule has 2 heterocycles. The summed E-state index contributed by atoms with van der Waals surface area (Å²) in [7, 11) is 0. The van der Waals surface area contributed by atoms with Crippen molar-refractivity contribution >= 4 is 5.69 Å². The van der Waals surface area contributed by atoms with Gasteiger partial charge in [0.1, 0.15) is 0 Å². The summed E-state index contributed by atoms with van der Waals surface area (Å²) >= 11 is 0. The third kappa shape index (κ3) is 1.36. The summed E-state index contributed by atoms with van der Waals surface area (Å²) < 4.78 is 0. The average molecular weight is 229 g/mol. The van der Waals surface area contributed by atoms with Crippen molar-refractivity contribution in [3.63, 3.8) is 0 Å². The Hall–Kier alpha value is -1.06. The molecule has 1 aliphatic carbocycles. The van der Waals surface area contributed by atoms with Crippen LogP contribution < -0.4 is 16.4 Å². The van der Waals surface area contributed by atoms with Gasteiger partial charge in [-0.2, -0.15) is 0 Å². The number of nitrogens with two attached hydrogens (primary N) is 1. The Kier molecular flexibility index (Phi) is 2.02. The van der Waals surface area contributed by atoms with Gasteiger partial charge in [0.15, 0.2) is 0 Å². The quantitative estimate of drug-likeness (QED) is 0.630. The highest BCUT2D eigenvalue weighted by Crippen LogP contribution is 2.47. The topological polar surface area (TPSA) is 50.1 Å². The third-order valence-electron chi connectivity index (χ3n) is 4.71. The zero-order valence-electron chi connectivity index (χ0n) is 9.95. The number of anilines is 1. The van der Waals surface area contributed by atoms with E-state index in [-0.39, 0.29) is 0 Å². The summed E-state index contributed by atoms with van der Waals surface area (Å²) in [6.45, 7) is 2.10. The lowest BCUT2D eigenvalue weighted by molar-refractivity contribution is 0.281. The van der Waals surface area contributed by atoms with E-state index in [4.69, 9.17) is 5.73 Å². The highest BCUT2D eigenvalue weighted by atomic mass is 15.0. The molecule has 3 aliphatic rings. The predicted octanol–water partition coefficient (Wildman–Crippen LogP) is 1.37. The lowest BCUT2D eigenvalue weighted by Crippen LogP contribution is -2.51. The first-order valence-electron chi connectivity index (χ1n) is 6.68. The van der Waals surface area contributed by atoms with E-state index in [0.29, 0.717) is 23.9 Å². The van der Waals surface area contributed by atoms with Gasteiger partial charge in [-0.05, 0) is 30.0 Å². The minimum Gasteiger partial charge on any atom is -0.384 e. The molecule has 4 atom stereocenters. The van der Waals surface area contributed by atoms with Crippen LogP contribution >= 0.6 is 0 Å². The monoisotopic (exact) mass is 229 g/mol. The largest absolute Gasteiger partial charge is 0.384 e. The number of nitrogens with one attached hydrogen (secondary N) is 2. The van der Waals surface area contributed by atoms with Crippen molar-refractivity contribution in [3.8, 4) is 0 Å². The van der Waals surface area contributed by atoms with Crippen molar-refractivity contribution in [2.45, 2.75) is 36.8 Å². The van der Waals surface area contributed by atoms with Gasteiger partial charge < -0.3 is 16.4 Å². The van der Waals surface area contributed by atoms with E-state index < -0.39 is 0 Å². The summed E-state index contributed by atoms with van der Waals surface area (Å²) in [5.74, 6) is 1.34. The van der Waals surface area contributed by atoms with Crippen LogP contribution in [0.5, 0.6) is 0 Å². The molecule has 1 saturated heterocycles. The minimum absolute atomic E-state index is 0.318. The molecule has 3 heteroatoms. The second-order valence-electron chi connectivity index (χ2n) is 5.74. The van der Waals surface area contributed by atoms with Crippen molar-refractivity contribution < 1.29 is 0 Å². The lowest BCUT2D eigenvalue weighted by Gasteiger charge is -2.42. The Morgan fingerprint density at radius 1 is 1.18 bits per heavy atom. The van der Waals surface area contributed by atoms with E-state index in [2.05, 4.69) is 28.8 Å². The number of rotatable bonds is 0. The molecule has 0 radical (unpaired) electrons. The van der Waals surface area contributed by atoms with Crippen LogP contribution in [0.2, 0.25) is 0 Å². The van der Waals surface area contributed by atoms with Gasteiger partial charge >= 0.3 is 0 Å². The highest BCUT2D eigenvalue weighted by Gasteiger charge is 2.40. The van der Waals surface area contributed by atoms with Gasteiger partial charge in [0, 0.05) is 42.7 Å². The fourth-order valence-electron chi connectivity index (χ4n) is 3.97. The zero-order chi connectivity index (χ0) is 11.4. The van der Waals surface area contributed by atoms with Crippen LogP contribution in [-0.4, -0.2) is 25.2 Å². The summed E-state index contributed by atoms with van der Waals surface area (Å²) in [6.07, 6.45) is 2.41. The molecular formula is C14H19N3. The van der Waals surface area contributed by atoms with Gasteiger partial charge in [-0.3, -0.25) is 0 Å². The van der Waals surface area contributed by atoms with Crippen molar-refractivity contribution in [3.05, 3.63) is 29.3 Å². The molecule has 2 aliphatic heterocycles. The molecule has 1 fully saturated rings. The molecule has 0 aromatic heterocycles. The zero-order valence-corrected chi connectivity index (χ0v) is 9.95. The lowest BCUT2D eigenvalue weighted by atomic mass is 9.70. The molecular weight excluding hydrogens is 210 g/mol. The Morgan fingerprint density at radius 2 is 2.12 bits per heavy atom. The summed E-state index contributed by atoms with van der Waals surface area (Å²) in [5.41, 5.74) is 10.6. The fraction of sp³-hybridized carbons (Fsp3) is 0.571. The first-order valence-corrected chi connectivity index (χ1v) is 6.68. The van der Waals surface area contributed by atoms with E-state index in [0.717, 1.165) is 19.5 Å². The van der Waals surface area contributed by atoms with Gasteiger partial charge in [0.2, 0.25) is 0 Å². The average Bonchev–Trinajstić information content (AvgIpc) is 2.75. The van der Waals surface area contributed by atoms with Crippen molar-refractivity contribution in [2.24, 2.45) is 5.73 Å². The minimum atomic E-state index is 0.318. The number of piperidine rings is 1. The third-order valence-corrected chi connectivity index (χ3v) is 4.71. The van der Waals surface area contributed by atoms with Crippen LogP contribution in [0.1, 0.15) is 35.8 Å². The summed E-state index contributed by atoms with van der Waals surface area (Å²) in [6, 6.07) is 7.68. The molecule has 4 rings (SSSR count). The van der Waals surface area contributed by atoms with Gasteiger partial charge in [-0.25, -0.2) is 0 Å². The number of hydrogen-bond donors (Lipinski definition) is 3. The van der Waals surface area contributed by atoms with Crippen molar-refractivity contribution in [2.75, 3.05) is 18.4 Å². The Labute approximate surface area is 102 Å². The smallest absolute Gasteiger partial charge is 0.0379 e.